The fraction of sp³-hybridized carbons (Fsp3) is 0.500. The summed E-state index contributed by atoms with van der Waals surface area (Å²) in [5.41, 5.74) is 5.26. The second-order valence-electron chi connectivity index (χ2n) is 5.22. The van der Waals surface area contributed by atoms with Crippen molar-refractivity contribution < 1.29 is 23.5 Å². The Labute approximate surface area is 121 Å². The lowest BCUT2D eigenvalue weighted by atomic mass is 10.0. The number of benzene rings is 1. The summed E-state index contributed by atoms with van der Waals surface area (Å²) < 4.78 is 38.9. The van der Waals surface area contributed by atoms with E-state index in [0.717, 1.165) is 12.1 Å². The first kappa shape index (κ1) is 15.5. The van der Waals surface area contributed by atoms with Gasteiger partial charge in [0.2, 0.25) is 0 Å². The van der Waals surface area contributed by atoms with Crippen molar-refractivity contribution in [1.29, 1.82) is 0 Å². The van der Waals surface area contributed by atoms with E-state index in [4.69, 9.17) is 20.4 Å². The van der Waals surface area contributed by atoms with E-state index in [1.807, 2.05) is 13.8 Å². The highest BCUT2D eigenvalue weighted by atomic mass is 19.1. The Morgan fingerprint density at radius 2 is 1.81 bits per heavy atom. The molecular weight excluding hydrogens is 282 g/mol. The minimum absolute atomic E-state index is 0.0266. The molecule has 1 saturated heterocycles. The zero-order valence-electron chi connectivity index (χ0n) is 11.8. The van der Waals surface area contributed by atoms with Crippen LogP contribution in [0.15, 0.2) is 17.3 Å². The van der Waals surface area contributed by atoms with Gasteiger partial charge in [-0.15, -0.1) is 0 Å². The van der Waals surface area contributed by atoms with E-state index in [0.29, 0.717) is 12.8 Å². The third-order valence-electron chi connectivity index (χ3n) is 3.34. The summed E-state index contributed by atoms with van der Waals surface area (Å²) in [6.45, 7) is 3.78. The maximum Gasteiger partial charge on any atom is 0.191 e. The Morgan fingerprint density at radius 1 is 1.29 bits per heavy atom. The van der Waals surface area contributed by atoms with Crippen LogP contribution in [0.2, 0.25) is 0 Å². The number of ether oxygens (including phenoxy) is 2. The maximum atomic E-state index is 14.0. The predicted molar refractivity (Wildman–Crippen MR) is 72.5 cm³/mol. The number of nitrogens with zero attached hydrogens (tertiary/aromatic N) is 1. The van der Waals surface area contributed by atoms with Crippen molar-refractivity contribution in [2.45, 2.75) is 45.0 Å². The second kappa shape index (κ2) is 6.26. The van der Waals surface area contributed by atoms with Crippen LogP contribution >= 0.6 is 0 Å². The van der Waals surface area contributed by atoms with Crippen LogP contribution in [0.1, 0.15) is 32.3 Å². The molecule has 3 N–H and O–H groups in total. The van der Waals surface area contributed by atoms with Crippen molar-refractivity contribution >= 4 is 5.84 Å². The molecule has 2 atom stereocenters. The van der Waals surface area contributed by atoms with Crippen LogP contribution in [0.4, 0.5) is 8.78 Å². The van der Waals surface area contributed by atoms with Crippen LogP contribution < -0.4 is 10.5 Å². The molecule has 0 aliphatic carbocycles. The summed E-state index contributed by atoms with van der Waals surface area (Å²) in [7, 11) is 0. The topological polar surface area (TPSA) is 77.1 Å². The quantitative estimate of drug-likeness (QED) is 0.389. The second-order valence-corrected chi connectivity index (χ2v) is 5.22. The number of hydrogen-bond donors (Lipinski definition) is 2. The van der Waals surface area contributed by atoms with Gasteiger partial charge in [-0.2, -0.15) is 0 Å². The molecular formula is C14H18F2N2O3. The molecule has 1 fully saturated rings. The third kappa shape index (κ3) is 3.60. The highest BCUT2D eigenvalue weighted by molar-refractivity contribution is 5.97. The molecule has 1 aliphatic rings. The zero-order valence-corrected chi connectivity index (χ0v) is 11.8. The number of oxime groups is 1. The normalized spacial score (nSPS) is 26.7. The first-order valence-electron chi connectivity index (χ1n) is 6.69. The molecule has 7 heteroatoms. The van der Waals surface area contributed by atoms with Crippen LogP contribution in [0.5, 0.6) is 5.75 Å². The van der Waals surface area contributed by atoms with Crippen LogP contribution in [-0.2, 0) is 4.74 Å². The highest BCUT2D eigenvalue weighted by Gasteiger charge is 2.27. The third-order valence-corrected chi connectivity index (χ3v) is 3.34. The average Bonchev–Trinajstić information content (AvgIpc) is 2.40. The van der Waals surface area contributed by atoms with Crippen molar-refractivity contribution in [3.05, 3.63) is 29.3 Å². The Balaban J connectivity index is 2.20. The number of halogens is 2. The molecule has 0 saturated carbocycles. The standard InChI is InChI=1S/C14H18F2N2O3/c1-7-3-10(4-8(2)20-7)21-13-11(15)5-9(6-12(13)16)14(17)18-19/h5-8,10,19H,3-4H2,1-2H3,(H2,17,18). The van der Waals surface area contributed by atoms with E-state index >= 15 is 0 Å². The van der Waals surface area contributed by atoms with Gasteiger partial charge in [0.05, 0.1) is 12.2 Å². The maximum absolute atomic E-state index is 14.0. The van der Waals surface area contributed by atoms with Gasteiger partial charge in [0.1, 0.15) is 6.10 Å². The van der Waals surface area contributed by atoms with Gasteiger partial charge in [-0.3, -0.25) is 0 Å². The Bertz CT molecular complexity index is 518. The van der Waals surface area contributed by atoms with Gasteiger partial charge >= 0.3 is 0 Å². The average molecular weight is 300 g/mol. The number of rotatable bonds is 3. The van der Waals surface area contributed by atoms with Gasteiger partial charge in [-0.1, -0.05) is 5.16 Å². The highest BCUT2D eigenvalue weighted by Crippen LogP contribution is 2.29. The first-order chi connectivity index (χ1) is 9.90. The Morgan fingerprint density at radius 3 is 2.29 bits per heavy atom. The lowest BCUT2D eigenvalue weighted by molar-refractivity contribution is -0.0734. The molecule has 1 aromatic rings. The molecule has 1 heterocycles. The van der Waals surface area contributed by atoms with Gasteiger partial charge in [0, 0.05) is 18.4 Å². The molecule has 0 amide bonds. The van der Waals surface area contributed by atoms with Crippen LogP contribution in [0.3, 0.4) is 0 Å². The van der Waals surface area contributed by atoms with Gasteiger partial charge in [-0.25, -0.2) is 8.78 Å². The molecule has 1 aromatic carbocycles. The van der Waals surface area contributed by atoms with Gasteiger partial charge in [0.25, 0.3) is 0 Å². The van der Waals surface area contributed by atoms with Crippen molar-refractivity contribution in [2.75, 3.05) is 0 Å². The fourth-order valence-electron chi connectivity index (χ4n) is 2.49. The summed E-state index contributed by atoms with van der Waals surface area (Å²) in [5, 5.41) is 11.2. The van der Waals surface area contributed by atoms with E-state index in [9.17, 15) is 8.78 Å². The van der Waals surface area contributed by atoms with Crippen molar-refractivity contribution in [2.24, 2.45) is 10.9 Å². The zero-order chi connectivity index (χ0) is 15.6. The Hall–Kier alpha value is -1.89. The van der Waals surface area contributed by atoms with Crippen LogP contribution in [0, 0.1) is 11.6 Å². The summed E-state index contributed by atoms with van der Waals surface area (Å²) in [4.78, 5) is 0. The van der Waals surface area contributed by atoms with Crippen molar-refractivity contribution in [3.8, 4) is 5.75 Å². The van der Waals surface area contributed by atoms with Gasteiger partial charge in [-0.05, 0) is 26.0 Å². The van der Waals surface area contributed by atoms with Crippen LogP contribution in [0.25, 0.3) is 0 Å². The van der Waals surface area contributed by atoms with Crippen molar-refractivity contribution in [3.63, 3.8) is 0 Å². The van der Waals surface area contributed by atoms with E-state index in [1.165, 1.54) is 0 Å². The Kier molecular flexibility index (Phi) is 4.62. The van der Waals surface area contributed by atoms with Crippen LogP contribution in [-0.4, -0.2) is 29.4 Å². The first-order valence-corrected chi connectivity index (χ1v) is 6.69. The van der Waals surface area contributed by atoms with E-state index in [2.05, 4.69) is 5.16 Å². The number of amidine groups is 1. The van der Waals surface area contributed by atoms with E-state index in [1.54, 1.807) is 0 Å². The molecule has 21 heavy (non-hydrogen) atoms. The van der Waals surface area contributed by atoms with E-state index < -0.39 is 17.4 Å². The molecule has 0 radical (unpaired) electrons. The number of hydrogen-bond acceptors (Lipinski definition) is 4. The lowest BCUT2D eigenvalue weighted by Crippen LogP contribution is -2.36. The molecule has 0 spiro atoms. The van der Waals surface area contributed by atoms with E-state index in [-0.39, 0.29) is 29.7 Å². The molecule has 116 valence electrons. The molecule has 0 bridgehead atoms. The minimum atomic E-state index is -0.886. The predicted octanol–water partition coefficient (Wildman–Crippen LogP) is 2.39. The van der Waals surface area contributed by atoms with Crippen molar-refractivity contribution in [1.82, 2.24) is 0 Å². The molecule has 5 nitrogen and oxygen atoms in total. The summed E-state index contributed by atoms with van der Waals surface area (Å²) >= 11 is 0. The van der Waals surface area contributed by atoms with Gasteiger partial charge in [0.15, 0.2) is 23.2 Å². The lowest BCUT2D eigenvalue weighted by Gasteiger charge is -2.32. The molecule has 2 unspecified atom stereocenters. The number of nitrogens with two attached hydrogens (primary N) is 1. The summed E-state index contributed by atoms with van der Waals surface area (Å²) in [6, 6.07) is 1.94. The molecule has 2 rings (SSSR count). The fourth-order valence-corrected chi connectivity index (χ4v) is 2.49. The molecule has 0 aromatic heterocycles. The minimum Gasteiger partial charge on any atom is -0.484 e. The smallest absolute Gasteiger partial charge is 0.191 e. The monoisotopic (exact) mass is 300 g/mol. The SMILES string of the molecule is CC1CC(Oc2c(F)cc(C(N)=NO)cc2F)CC(C)O1. The largest absolute Gasteiger partial charge is 0.484 e. The summed E-state index contributed by atoms with van der Waals surface area (Å²) in [6.07, 6.45) is 0.751. The molecule has 1 aliphatic heterocycles. The van der Waals surface area contributed by atoms with Gasteiger partial charge < -0.3 is 20.4 Å². The summed E-state index contributed by atoms with van der Waals surface area (Å²) in [5.74, 6) is -2.59.